The van der Waals surface area contributed by atoms with Crippen LogP contribution in [0.15, 0.2) is 27.6 Å². The summed E-state index contributed by atoms with van der Waals surface area (Å²) in [5, 5.41) is 3.28. The molecule has 1 aliphatic rings. The molecule has 1 aromatic rings. The van der Waals surface area contributed by atoms with Crippen molar-refractivity contribution in [3.63, 3.8) is 0 Å². The van der Waals surface area contributed by atoms with E-state index in [2.05, 4.69) is 26.0 Å². The van der Waals surface area contributed by atoms with E-state index >= 15 is 0 Å². The first-order valence-corrected chi connectivity index (χ1v) is 8.84. The lowest BCUT2D eigenvalue weighted by Crippen LogP contribution is -2.38. The van der Waals surface area contributed by atoms with Crippen LogP contribution in [0, 0.1) is 5.92 Å². The van der Waals surface area contributed by atoms with E-state index < -0.39 is 10.0 Å². The van der Waals surface area contributed by atoms with Gasteiger partial charge in [-0.1, -0.05) is 0 Å². The van der Waals surface area contributed by atoms with E-state index in [-0.39, 0.29) is 17.3 Å². The molecular weight excluding hydrogens is 380 g/mol. The average Bonchev–Trinajstić information content (AvgIpc) is 2.46. The molecule has 0 amide bonds. The minimum absolute atomic E-state index is 0. The maximum absolute atomic E-state index is 12.2. The van der Waals surface area contributed by atoms with Crippen LogP contribution in [-0.4, -0.2) is 35.2 Å². The predicted octanol–water partition coefficient (Wildman–Crippen LogP) is 2.16. The van der Waals surface area contributed by atoms with Gasteiger partial charge in [0.1, 0.15) is 5.75 Å². The highest BCUT2D eigenvalue weighted by Gasteiger charge is 2.19. The number of methoxy groups -OCH3 is 1. The van der Waals surface area contributed by atoms with Crippen molar-refractivity contribution in [1.82, 2.24) is 10.0 Å². The Morgan fingerprint density at radius 1 is 1.48 bits per heavy atom. The van der Waals surface area contributed by atoms with Gasteiger partial charge in [0.25, 0.3) is 0 Å². The van der Waals surface area contributed by atoms with E-state index in [9.17, 15) is 8.42 Å². The zero-order valence-corrected chi connectivity index (χ0v) is 15.0. The second-order valence-electron chi connectivity index (χ2n) is 4.86. The van der Waals surface area contributed by atoms with Crippen molar-refractivity contribution in [1.29, 1.82) is 0 Å². The Morgan fingerprint density at radius 3 is 2.81 bits per heavy atom. The first-order valence-electron chi connectivity index (χ1n) is 6.57. The van der Waals surface area contributed by atoms with Crippen molar-refractivity contribution < 1.29 is 13.2 Å². The lowest BCUT2D eigenvalue weighted by molar-refractivity contribution is 0.376. The zero-order valence-electron chi connectivity index (χ0n) is 11.8. The van der Waals surface area contributed by atoms with Crippen molar-refractivity contribution in [2.45, 2.75) is 17.7 Å². The van der Waals surface area contributed by atoms with Gasteiger partial charge in [-0.3, -0.25) is 0 Å². The number of nitrogens with one attached hydrogen (secondary N) is 2. The van der Waals surface area contributed by atoms with Crippen LogP contribution < -0.4 is 14.8 Å². The van der Waals surface area contributed by atoms with Gasteiger partial charge >= 0.3 is 0 Å². The van der Waals surface area contributed by atoms with Crippen LogP contribution in [-0.2, 0) is 10.0 Å². The molecule has 0 spiro atoms. The van der Waals surface area contributed by atoms with Crippen LogP contribution in [0.3, 0.4) is 0 Å². The highest BCUT2D eigenvalue weighted by atomic mass is 79.9. The molecule has 1 aromatic carbocycles. The fourth-order valence-corrected chi connectivity index (χ4v) is 4.06. The molecular formula is C13H20BrClN2O3S. The molecule has 0 aliphatic carbocycles. The SMILES string of the molecule is COc1ccc(S(=O)(=O)NCC2CCCNC2)cc1Br.Cl. The number of sulfonamides is 1. The van der Waals surface area contributed by atoms with Gasteiger partial charge in [-0.2, -0.15) is 0 Å². The predicted molar refractivity (Wildman–Crippen MR) is 88.7 cm³/mol. The monoisotopic (exact) mass is 398 g/mol. The molecule has 8 heteroatoms. The van der Waals surface area contributed by atoms with E-state index in [1.807, 2.05) is 0 Å². The van der Waals surface area contributed by atoms with Crippen molar-refractivity contribution in [3.05, 3.63) is 22.7 Å². The molecule has 1 saturated heterocycles. The third-order valence-electron chi connectivity index (χ3n) is 3.39. The molecule has 0 radical (unpaired) electrons. The maximum Gasteiger partial charge on any atom is 0.240 e. The summed E-state index contributed by atoms with van der Waals surface area (Å²) >= 11 is 3.30. The fraction of sp³-hybridized carbons (Fsp3) is 0.538. The van der Waals surface area contributed by atoms with Crippen molar-refractivity contribution in [2.75, 3.05) is 26.7 Å². The summed E-state index contributed by atoms with van der Waals surface area (Å²) in [4.78, 5) is 0.244. The third-order valence-corrected chi connectivity index (χ3v) is 5.44. The Balaban J connectivity index is 0.00000220. The number of hydrogen-bond donors (Lipinski definition) is 2. The topological polar surface area (TPSA) is 67.4 Å². The molecule has 120 valence electrons. The quantitative estimate of drug-likeness (QED) is 0.796. The first kappa shape index (κ1) is 18.7. The lowest BCUT2D eigenvalue weighted by Gasteiger charge is -2.22. The van der Waals surface area contributed by atoms with Gasteiger partial charge in [0, 0.05) is 6.54 Å². The Kier molecular flexibility index (Phi) is 7.42. The molecule has 0 aromatic heterocycles. The molecule has 1 unspecified atom stereocenters. The molecule has 1 atom stereocenters. The van der Waals surface area contributed by atoms with Gasteiger partial charge in [-0.15, -0.1) is 12.4 Å². The standard InChI is InChI=1S/C13H19BrN2O3S.ClH/c1-19-13-5-4-11(7-12(13)14)20(17,18)16-9-10-3-2-6-15-8-10;/h4-5,7,10,15-16H,2-3,6,8-9H2,1H3;1H. The molecule has 0 saturated carbocycles. The highest BCUT2D eigenvalue weighted by Crippen LogP contribution is 2.27. The summed E-state index contributed by atoms with van der Waals surface area (Å²) in [6.07, 6.45) is 2.16. The Morgan fingerprint density at radius 2 is 2.24 bits per heavy atom. The second-order valence-corrected chi connectivity index (χ2v) is 7.48. The van der Waals surface area contributed by atoms with Gasteiger partial charge in [0.05, 0.1) is 16.5 Å². The van der Waals surface area contributed by atoms with Crippen LogP contribution in [0.4, 0.5) is 0 Å². The molecule has 2 N–H and O–H groups in total. The van der Waals surface area contributed by atoms with E-state index in [1.54, 1.807) is 25.3 Å². The van der Waals surface area contributed by atoms with E-state index in [0.29, 0.717) is 22.7 Å². The smallest absolute Gasteiger partial charge is 0.240 e. The van der Waals surface area contributed by atoms with Crippen molar-refractivity contribution >= 4 is 38.4 Å². The number of piperidine rings is 1. The molecule has 1 heterocycles. The Hall–Kier alpha value is -0.340. The highest BCUT2D eigenvalue weighted by molar-refractivity contribution is 9.10. The summed E-state index contributed by atoms with van der Waals surface area (Å²) in [5.74, 6) is 0.973. The first-order chi connectivity index (χ1) is 9.53. The molecule has 1 fully saturated rings. The number of halogens is 2. The Bertz CT molecular complexity index is 563. The van der Waals surface area contributed by atoms with Gasteiger partial charge in [0.2, 0.25) is 10.0 Å². The number of hydrogen-bond acceptors (Lipinski definition) is 4. The normalized spacial score (nSPS) is 18.9. The molecule has 2 rings (SSSR count). The van der Waals surface area contributed by atoms with Gasteiger partial charge in [-0.05, 0) is 66.0 Å². The van der Waals surface area contributed by atoms with Crippen LogP contribution in [0.25, 0.3) is 0 Å². The maximum atomic E-state index is 12.2. The third kappa shape index (κ3) is 5.10. The molecule has 21 heavy (non-hydrogen) atoms. The van der Waals surface area contributed by atoms with E-state index in [1.165, 1.54) is 0 Å². The summed E-state index contributed by atoms with van der Waals surface area (Å²) < 4.78 is 32.9. The van der Waals surface area contributed by atoms with Crippen LogP contribution >= 0.6 is 28.3 Å². The zero-order chi connectivity index (χ0) is 14.6. The van der Waals surface area contributed by atoms with Crippen LogP contribution in [0.1, 0.15) is 12.8 Å². The molecule has 0 bridgehead atoms. The minimum atomic E-state index is -3.47. The molecule has 1 aliphatic heterocycles. The number of ether oxygens (including phenoxy) is 1. The number of rotatable bonds is 5. The van der Waals surface area contributed by atoms with Gasteiger partial charge < -0.3 is 10.1 Å². The van der Waals surface area contributed by atoms with Crippen molar-refractivity contribution in [3.8, 4) is 5.75 Å². The summed E-state index contributed by atoms with van der Waals surface area (Å²) in [6.45, 7) is 2.36. The minimum Gasteiger partial charge on any atom is -0.496 e. The average molecular weight is 400 g/mol. The fourth-order valence-electron chi connectivity index (χ4n) is 2.22. The summed E-state index contributed by atoms with van der Waals surface area (Å²) in [6, 6.07) is 4.74. The lowest BCUT2D eigenvalue weighted by atomic mass is 10.0. The van der Waals surface area contributed by atoms with Gasteiger partial charge in [-0.25, -0.2) is 13.1 Å². The van der Waals surface area contributed by atoms with Crippen LogP contribution in [0.5, 0.6) is 5.75 Å². The largest absolute Gasteiger partial charge is 0.496 e. The summed E-state index contributed by atoms with van der Waals surface area (Å²) in [7, 11) is -1.93. The number of benzene rings is 1. The Labute approximate surface area is 140 Å². The second kappa shape index (κ2) is 8.33. The summed E-state index contributed by atoms with van der Waals surface area (Å²) in [5.41, 5.74) is 0. The van der Waals surface area contributed by atoms with Gasteiger partial charge in [0.15, 0.2) is 0 Å². The van der Waals surface area contributed by atoms with E-state index in [4.69, 9.17) is 4.74 Å². The van der Waals surface area contributed by atoms with Crippen LogP contribution in [0.2, 0.25) is 0 Å². The van der Waals surface area contributed by atoms with E-state index in [0.717, 1.165) is 25.9 Å². The molecule has 5 nitrogen and oxygen atoms in total. The van der Waals surface area contributed by atoms with Crippen molar-refractivity contribution in [2.24, 2.45) is 5.92 Å².